The molecule has 3 aromatic rings. The molecule has 0 spiro atoms. The number of aliphatic hydroxyl groups excluding tert-OH is 1. The Hall–Kier alpha value is -3.75. The molecule has 0 bridgehead atoms. The lowest BCUT2D eigenvalue weighted by molar-refractivity contribution is -0.173. The summed E-state index contributed by atoms with van der Waals surface area (Å²) in [6.45, 7) is 6.14. The first-order valence-corrected chi connectivity index (χ1v) is 27.6. The Balaban J connectivity index is 0.000000280. The summed E-state index contributed by atoms with van der Waals surface area (Å²) in [6.07, 6.45) is 10.9. The molecule has 428 valence electrons. The minimum atomic E-state index is -2.71. The summed E-state index contributed by atoms with van der Waals surface area (Å²) in [5.74, 6) is 0.521. The molecule has 0 unspecified atom stereocenters. The van der Waals surface area contributed by atoms with Crippen LogP contribution in [0.1, 0.15) is 115 Å². The molecule has 0 atom stereocenters. The number of aromatic nitrogens is 3. The highest BCUT2D eigenvalue weighted by molar-refractivity contribution is 9.11. The number of aryl methyl sites for hydroxylation is 3. The molecule has 15 nitrogen and oxygen atoms in total. The summed E-state index contributed by atoms with van der Waals surface area (Å²) in [4.78, 5) is 31.6. The molecule has 3 heterocycles. The maximum absolute atomic E-state index is 13.0. The number of alkyl halides is 6. The van der Waals surface area contributed by atoms with Crippen molar-refractivity contribution < 1.29 is 59.5 Å². The van der Waals surface area contributed by atoms with Crippen LogP contribution in [0.3, 0.4) is 0 Å². The fourth-order valence-electron chi connectivity index (χ4n) is 7.43. The molecule has 3 aliphatic carbocycles. The maximum Gasteiger partial charge on any atom is 0.345 e. The Bertz CT molecular complexity index is 2160. The van der Waals surface area contributed by atoms with E-state index in [-0.39, 0.29) is 36.6 Å². The van der Waals surface area contributed by atoms with Crippen molar-refractivity contribution >= 4 is 83.9 Å². The number of aliphatic hydroxyl groups is 1. The van der Waals surface area contributed by atoms with Gasteiger partial charge < -0.3 is 43.5 Å². The summed E-state index contributed by atoms with van der Waals surface area (Å²) in [6, 6.07) is 5.38. The number of aliphatic imine (C=N–C) groups is 3. The quantitative estimate of drug-likeness (QED) is 0.0526. The van der Waals surface area contributed by atoms with Gasteiger partial charge in [-0.3, -0.25) is 0 Å². The molecule has 3 saturated carbocycles. The highest BCUT2D eigenvalue weighted by atomic mass is 79.9. The predicted octanol–water partition coefficient (Wildman–Crippen LogP) is 13.8. The molecule has 0 saturated heterocycles. The minimum Gasteiger partial charge on any atom is -0.474 e. The highest BCUT2D eigenvalue weighted by Crippen LogP contribution is 2.35. The van der Waals surface area contributed by atoms with Gasteiger partial charge in [-0.1, -0.05) is 0 Å². The molecule has 0 radical (unpaired) electrons. The largest absolute Gasteiger partial charge is 0.474 e. The lowest BCUT2D eigenvalue weighted by Crippen LogP contribution is -2.29. The second-order valence-electron chi connectivity index (χ2n) is 18.2. The summed E-state index contributed by atoms with van der Waals surface area (Å²) >= 11 is 10.0. The van der Waals surface area contributed by atoms with Crippen LogP contribution in [0.4, 0.5) is 47.8 Å². The van der Waals surface area contributed by atoms with E-state index in [0.29, 0.717) is 105 Å². The number of nitrogens with zero attached hydrogens (tertiary/aromatic N) is 9. The molecule has 1 N–H and O–H groups in total. The Morgan fingerprint density at radius 3 is 1.09 bits per heavy atom. The number of ether oxygens (including phenoxy) is 5. The molecule has 6 rings (SSSR count). The van der Waals surface area contributed by atoms with Crippen molar-refractivity contribution in [3.63, 3.8) is 0 Å². The molecule has 0 aromatic carbocycles. The highest BCUT2D eigenvalue weighted by Gasteiger charge is 2.28. The van der Waals surface area contributed by atoms with Gasteiger partial charge in [-0.2, -0.15) is 30.7 Å². The second kappa shape index (κ2) is 35.0. The first-order chi connectivity index (χ1) is 36.0. The summed E-state index contributed by atoms with van der Waals surface area (Å²) in [7, 11) is 5.82. The summed E-state index contributed by atoms with van der Waals surface area (Å²) < 4.78 is 112. The van der Waals surface area contributed by atoms with E-state index < -0.39 is 25.8 Å². The van der Waals surface area contributed by atoms with Crippen LogP contribution in [-0.4, -0.2) is 151 Å². The Labute approximate surface area is 467 Å². The van der Waals surface area contributed by atoms with Gasteiger partial charge in [0.1, 0.15) is 12.2 Å². The van der Waals surface area contributed by atoms with Crippen molar-refractivity contribution in [1.29, 1.82) is 0 Å². The number of rotatable bonds is 19. The van der Waals surface area contributed by atoms with Gasteiger partial charge in [0, 0.05) is 40.8 Å². The summed E-state index contributed by atoms with van der Waals surface area (Å²) in [5, 5.41) is 9.02. The van der Waals surface area contributed by atoms with Crippen LogP contribution in [0, 0.1) is 26.7 Å². The molecule has 3 fully saturated rings. The third-order valence-corrected chi connectivity index (χ3v) is 14.0. The third-order valence-electron chi connectivity index (χ3n) is 12.3. The third kappa shape index (κ3) is 25.4. The SMILES string of the molecule is CCN(C)C=Nc1cc(Br)c(F)nc1C.CCN(C)C=Nc1cc(Br)c(OC2CCC(OC(F)F)CC2)nc1C.CCN(C)C=Nc1cc(Br)c(OC2CCC(OC(F)F)CC2)nc1C.OC1CCC(OC(F)F)CC1. The number of hydrogen-bond acceptors (Lipinski definition) is 12. The first kappa shape index (κ1) is 66.5. The fourth-order valence-corrected chi connectivity index (χ4v) is 8.53. The molecule has 0 amide bonds. The van der Waals surface area contributed by atoms with Crippen LogP contribution in [-0.2, 0) is 14.2 Å². The zero-order chi connectivity index (χ0) is 56.5. The Morgan fingerprint density at radius 2 is 0.789 bits per heavy atom. The standard InChI is InChI=1S/2C17H24BrF2N3O2.C10H13BrFN3.C7H12F2O2/c2*1-4-23(3)10-21-15-9-14(18)16(22-11(15)2)24-12-5-7-13(8-6-12)25-17(19)20;1-4-15(3)6-13-9-5-8(11)10(12)14-7(9)2;8-7(9)11-6-3-1-5(10)2-4-6/h2*9-10,12-13,17H,4-8H2,1-3H3;5-6H,4H2,1-3H3;5-7,10H,1-4H2. The average Bonchev–Trinajstić information content (AvgIpc) is 3.37. The number of hydrogen-bond donors (Lipinski definition) is 1. The molecule has 3 aliphatic rings. The Kier molecular flexibility index (Phi) is 30.6. The van der Waals surface area contributed by atoms with Gasteiger partial charge in [0.25, 0.3) is 0 Å². The number of pyridine rings is 3. The van der Waals surface area contributed by atoms with E-state index in [1.54, 1.807) is 32.0 Å². The van der Waals surface area contributed by atoms with Gasteiger partial charge in [0.05, 0.1) is 91.0 Å². The van der Waals surface area contributed by atoms with Gasteiger partial charge in [0.15, 0.2) is 0 Å². The van der Waals surface area contributed by atoms with E-state index in [1.807, 2.05) is 82.6 Å². The molecule has 76 heavy (non-hydrogen) atoms. The van der Waals surface area contributed by atoms with Crippen molar-refractivity contribution in [3.8, 4) is 11.8 Å². The minimum absolute atomic E-state index is 0.0405. The normalized spacial score (nSPS) is 20.8. The van der Waals surface area contributed by atoms with Crippen molar-refractivity contribution in [2.45, 2.75) is 175 Å². The molecular formula is C51H73Br3F7N9O6. The first-order valence-electron chi connectivity index (χ1n) is 25.2. The zero-order valence-corrected chi connectivity index (χ0v) is 49.3. The van der Waals surface area contributed by atoms with E-state index in [1.165, 1.54) is 0 Å². The van der Waals surface area contributed by atoms with Gasteiger partial charge in [-0.15, -0.1) is 0 Å². The van der Waals surface area contributed by atoms with E-state index in [9.17, 15) is 30.7 Å². The number of halogens is 10. The van der Waals surface area contributed by atoms with Gasteiger partial charge >= 0.3 is 19.8 Å². The molecule has 3 aromatic heterocycles. The van der Waals surface area contributed by atoms with Crippen molar-refractivity contribution in [3.05, 3.63) is 54.6 Å². The monoisotopic (exact) mass is 1280 g/mol. The van der Waals surface area contributed by atoms with Crippen molar-refractivity contribution in [2.75, 3.05) is 40.8 Å². The molecule has 25 heteroatoms. The van der Waals surface area contributed by atoms with Crippen molar-refractivity contribution in [1.82, 2.24) is 29.7 Å². The average molecular weight is 1280 g/mol. The van der Waals surface area contributed by atoms with Crippen molar-refractivity contribution in [2.24, 2.45) is 15.0 Å². The smallest absolute Gasteiger partial charge is 0.345 e. The lowest BCUT2D eigenvalue weighted by atomic mass is 9.95. The van der Waals surface area contributed by atoms with Gasteiger partial charge in [0.2, 0.25) is 17.7 Å². The fraction of sp³-hybridized carbons (Fsp3) is 0.647. The van der Waals surface area contributed by atoms with Crippen LogP contribution in [0.15, 0.2) is 46.6 Å². The van der Waals surface area contributed by atoms with Crippen LogP contribution >= 0.6 is 47.8 Å². The van der Waals surface area contributed by atoms with Crippen LogP contribution in [0.2, 0.25) is 0 Å². The predicted molar refractivity (Wildman–Crippen MR) is 292 cm³/mol. The maximum atomic E-state index is 13.0. The molecular weight excluding hydrogens is 1210 g/mol. The van der Waals surface area contributed by atoms with Crippen LogP contribution in [0.25, 0.3) is 0 Å². The van der Waals surface area contributed by atoms with Crippen LogP contribution in [0.5, 0.6) is 11.8 Å². The zero-order valence-electron chi connectivity index (χ0n) is 44.6. The topological polar surface area (TPSA) is 152 Å². The van der Waals surface area contributed by atoms with E-state index in [0.717, 1.165) is 51.3 Å². The lowest BCUT2D eigenvalue weighted by Gasteiger charge is -2.28. The molecule has 0 aliphatic heterocycles. The van der Waals surface area contributed by atoms with E-state index in [2.05, 4.69) is 91.9 Å². The second-order valence-corrected chi connectivity index (χ2v) is 20.8. The van der Waals surface area contributed by atoms with Crippen LogP contribution < -0.4 is 9.47 Å². The summed E-state index contributed by atoms with van der Waals surface area (Å²) in [5.41, 5.74) is 4.34. The Morgan fingerprint density at radius 1 is 0.513 bits per heavy atom. The van der Waals surface area contributed by atoms with E-state index in [4.69, 9.17) is 14.6 Å². The van der Waals surface area contributed by atoms with Gasteiger partial charge in [-0.25, -0.2) is 29.9 Å². The van der Waals surface area contributed by atoms with E-state index >= 15 is 0 Å². The van der Waals surface area contributed by atoms with Gasteiger partial charge in [-0.05, 0) is 185 Å².